The van der Waals surface area contributed by atoms with E-state index in [1.807, 2.05) is 23.6 Å². The van der Waals surface area contributed by atoms with E-state index in [1.165, 1.54) is 18.3 Å². The molecule has 8 heteroatoms. The number of thiazole rings is 1. The lowest BCUT2D eigenvalue weighted by molar-refractivity contribution is -0.118. The lowest BCUT2D eigenvalue weighted by atomic mass is 10.1. The standard InChI is InChI=1S/C20H17BrN2O4S/c1-12(24)13-3-6-15(7-4-13)27-10-19(25)23-20-22-17(11-28-20)14-5-8-18(26-2)16(21)9-14/h3-9,11H,10H2,1-2H3,(H,22,23,25). The average Bonchev–Trinajstić information content (AvgIpc) is 3.15. The summed E-state index contributed by atoms with van der Waals surface area (Å²) in [6.07, 6.45) is 0. The smallest absolute Gasteiger partial charge is 0.264 e. The van der Waals surface area contributed by atoms with Crippen LogP contribution in [0.5, 0.6) is 11.5 Å². The number of hydrogen-bond acceptors (Lipinski definition) is 6. The topological polar surface area (TPSA) is 77.5 Å². The molecule has 1 heterocycles. The van der Waals surface area contributed by atoms with Crippen LogP contribution in [0.3, 0.4) is 0 Å². The van der Waals surface area contributed by atoms with Crippen molar-refractivity contribution in [3.63, 3.8) is 0 Å². The first kappa shape index (κ1) is 20.0. The largest absolute Gasteiger partial charge is 0.496 e. The summed E-state index contributed by atoms with van der Waals surface area (Å²) in [6, 6.07) is 12.3. The molecule has 0 saturated carbocycles. The second-order valence-corrected chi connectivity index (χ2v) is 7.52. The first-order valence-corrected chi connectivity index (χ1v) is 9.96. The highest BCUT2D eigenvalue weighted by atomic mass is 79.9. The maximum atomic E-state index is 12.1. The van der Waals surface area contributed by atoms with Gasteiger partial charge in [0.05, 0.1) is 17.3 Å². The zero-order chi connectivity index (χ0) is 20.1. The van der Waals surface area contributed by atoms with Crippen LogP contribution in [-0.4, -0.2) is 30.4 Å². The van der Waals surface area contributed by atoms with Crippen LogP contribution < -0.4 is 14.8 Å². The van der Waals surface area contributed by atoms with Gasteiger partial charge in [0.25, 0.3) is 5.91 Å². The quantitative estimate of drug-likeness (QED) is 0.512. The fourth-order valence-electron chi connectivity index (χ4n) is 2.38. The number of nitrogens with one attached hydrogen (secondary N) is 1. The lowest BCUT2D eigenvalue weighted by Gasteiger charge is -2.06. The van der Waals surface area contributed by atoms with Gasteiger partial charge in [0, 0.05) is 16.5 Å². The molecular weight excluding hydrogens is 444 g/mol. The van der Waals surface area contributed by atoms with Gasteiger partial charge in [-0.15, -0.1) is 11.3 Å². The number of carbonyl (C=O) groups is 2. The van der Waals surface area contributed by atoms with Crippen LogP contribution in [0.2, 0.25) is 0 Å². The summed E-state index contributed by atoms with van der Waals surface area (Å²) in [5, 5.41) is 5.08. The fourth-order valence-corrected chi connectivity index (χ4v) is 3.66. The van der Waals surface area contributed by atoms with Gasteiger partial charge >= 0.3 is 0 Å². The molecule has 1 N–H and O–H groups in total. The minimum Gasteiger partial charge on any atom is -0.496 e. The minimum absolute atomic E-state index is 0.0206. The molecule has 1 aromatic heterocycles. The highest BCUT2D eigenvalue weighted by molar-refractivity contribution is 9.10. The Labute approximate surface area is 174 Å². The third-order valence-electron chi connectivity index (χ3n) is 3.83. The van der Waals surface area contributed by atoms with Crippen molar-refractivity contribution in [3.8, 4) is 22.8 Å². The van der Waals surface area contributed by atoms with Crippen LogP contribution in [0.4, 0.5) is 5.13 Å². The van der Waals surface area contributed by atoms with E-state index in [4.69, 9.17) is 9.47 Å². The Morgan fingerprint density at radius 1 is 1.18 bits per heavy atom. The van der Waals surface area contributed by atoms with Crippen molar-refractivity contribution in [2.45, 2.75) is 6.92 Å². The van der Waals surface area contributed by atoms with Crippen molar-refractivity contribution in [1.82, 2.24) is 4.98 Å². The molecular formula is C20H17BrN2O4S. The number of methoxy groups -OCH3 is 1. The summed E-state index contributed by atoms with van der Waals surface area (Å²) >= 11 is 4.79. The number of hydrogen-bond donors (Lipinski definition) is 1. The monoisotopic (exact) mass is 460 g/mol. The van der Waals surface area contributed by atoms with Crippen LogP contribution in [0.25, 0.3) is 11.3 Å². The summed E-state index contributed by atoms with van der Waals surface area (Å²) in [4.78, 5) is 27.8. The van der Waals surface area contributed by atoms with Crippen LogP contribution in [0, 0.1) is 0 Å². The van der Waals surface area contributed by atoms with E-state index in [0.29, 0.717) is 16.4 Å². The van der Waals surface area contributed by atoms with E-state index in [-0.39, 0.29) is 18.3 Å². The first-order valence-electron chi connectivity index (χ1n) is 8.29. The molecule has 144 valence electrons. The minimum atomic E-state index is -0.313. The first-order chi connectivity index (χ1) is 13.5. The molecule has 0 radical (unpaired) electrons. The van der Waals surface area contributed by atoms with Gasteiger partial charge < -0.3 is 9.47 Å². The number of ether oxygens (including phenoxy) is 2. The highest BCUT2D eigenvalue weighted by Gasteiger charge is 2.10. The van der Waals surface area contributed by atoms with Crippen LogP contribution in [0.1, 0.15) is 17.3 Å². The van der Waals surface area contributed by atoms with E-state index < -0.39 is 0 Å². The summed E-state index contributed by atoms with van der Waals surface area (Å²) in [6.45, 7) is 1.35. The third kappa shape index (κ3) is 4.96. The van der Waals surface area contributed by atoms with E-state index in [2.05, 4.69) is 26.2 Å². The summed E-state index contributed by atoms with van der Waals surface area (Å²) in [5.74, 6) is 0.921. The summed E-state index contributed by atoms with van der Waals surface area (Å²) in [5.41, 5.74) is 2.26. The van der Waals surface area contributed by atoms with Crippen molar-refractivity contribution < 1.29 is 19.1 Å². The second kappa shape index (κ2) is 8.99. The molecule has 28 heavy (non-hydrogen) atoms. The molecule has 0 unspecified atom stereocenters. The molecule has 1 amide bonds. The third-order valence-corrected chi connectivity index (χ3v) is 5.21. The van der Waals surface area contributed by atoms with Gasteiger partial charge in [0.1, 0.15) is 11.5 Å². The van der Waals surface area contributed by atoms with Gasteiger partial charge in [-0.2, -0.15) is 0 Å². The molecule has 3 rings (SSSR count). The SMILES string of the molecule is COc1ccc(-c2csc(NC(=O)COc3ccc(C(C)=O)cc3)n2)cc1Br. The van der Waals surface area contributed by atoms with E-state index in [9.17, 15) is 9.59 Å². The number of Topliss-reactive ketones (excluding diaryl/α,β-unsaturated/α-hetero) is 1. The number of benzene rings is 2. The molecule has 3 aromatic rings. The van der Waals surface area contributed by atoms with Crippen molar-refractivity contribution >= 4 is 44.1 Å². The Morgan fingerprint density at radius 3 is 2.57 bits per heavy atom. The molecule has 0 aliphatic carbocycles. The van der Waals surface area contributed by atoms with Crippen molar-refractivity contribution in [1.29, 1.82) is 0 Å². The van der Waals surface area contributed by atoms with Crippen LogP contribution in [-0.2, 0) is 4.79 Å². The summed E-state index contributed by atoms with van der Waals surface area (Å²) < 4.78 is 11.5. The van der Waals surface area contributed by atoms with E-state index in [1.54, 1.807) is 31.4 Å². The molecule has 0 fully saturated rings. The Balaban J connectivity index is 1.58. The number of halogens is 1. The molecule has 0 atom stereocenters. The average molecular weight is 461 g/mol. The second-order valence-electron chi connectivity index (χ2n) is 5.80. The Bertz CT molecular complexity index is 1000. The van der Waals surface area contributed by atoms with E-state index >= 15 is 0 Å². The van der Waals surface area contributed by atoms with Crippen molar-refractivity contribution in [2.75, 3.05) is 19.0 Å². The van der Waals surface area contributed by atoms with Crippen molar-refractivity contribution in [2.24, 2.45) is 0 Å². The number of aromatic nitrogens is 1. The van der Waals surface area contributed by atoms with E-state index in [0.717, 1.165) is 21.5 Å². The number of carbonyl (C=O) groups excluding carboxylic acids is 2. The molecule has 0 spiro atoms. The number of anilines is 1. The predicted octanol–water partition coefficient (Wildman–Crippen LogP) is 4.80. The molecule has 0 aliphatic rings. The van der Waals surface area contributed by atoms with Crippen molar-refractivity contribution in [3.05, 3.63) is 57.9 Å². The zero-order valence-electron chi connectivity index (χ0n) is 15.2. The lowest BCUT2D eigenvalue weighted by Crippen LogP contribution is -2.20. The molecule has 0 aliphatic heterocycles. The number of nitrogens with zero attached hydrogens (tertiary/aromatic N) is 1. The molecule has 6 nitrogen and oxygen atoms in total. The molecule has 0 bridgehead atoms. The number of ketones is 1. The van der Waals surface area contributed by atoms with Gasteiger partial charge in [0.15, 0.2) is 17.5 Å². The number of rotatable bonds is 7. The number of amides is 1. The van der Waals surface area contributed by atoms with Gasteiger partial charge in [-0.1, -0.05) is 0 Å². The Kier molecular flexibility index (Phi) is 6.43. The van der Waals surface area contributed by atoms with Crippen LogP contribution in [0.15, 0.2) is 52.3 Å². The predicted molar refractivity (Wildman–Crippen MR) is 112 cm³/mol. The van der Waals surface area contributed by atoms with Gasteiger partial charge in [-0.3, -0.25) is 14.9 Å². The highest BCUT2D eigenvalue weighted by Crippen LogP contribution is 2.32. The molecule has 0 saturated heterocycles. The molecule has 2 aromatic carbocycles. The normalized spacial score (nSPS) is 10.4. The fraction of sp³-hybridized carbons (Fsp3) is 0.150. The van der Waals surface area contributed by atoms with Gasteiger partial charge in [-0.25, -0.2) is 4.98 Å². The summed E-state index contributed by atoms with van der Waals surface area (Å²) in [7, 11) is 1.61. The maximum absolute atomic E-state index is 12.1. The Morgan fingerprint density at radius 2 is 1.93 bits per heavy atom. The Hall–Kier alpha value is -2.71. The maximum Gasteiger partial charge on any atom is 0.264 e. The van der Waals surface area contributed by atoms with Gasteiger partial charge in [-0.05, 0) is 65.3 Å². The van der Waals surface area contributed by atoms with Gasteiger partial charge in [0.2, 0.25) is 0 Å². The zero-order valence-corrected chi connectivity index (χ0v) is 17.6. The van der Waals surface area contributed by atoms with Crippen LogP contribution >= 0.6 is 27.3 Å².